The van der Waals surface area contributed by atoms with Crippen molar-refractivity contribution >= 4 is 29.6 Å². The molecule has 76 valence electrons. The van der Waals surface area contributed by atoms with Crippen molar-refractivity contribution in [3.05, 3.63) is 10.8 Å². The maximum Gasteiger partial charge on any atom is 0.191 e. The number of rotatable bonds is 3. The molecular formula is C7H8ClN3O2S. The lowest BCUT2D eigenvalue weighted by molar-refractivity contribution is 0.111. The lowest BCUT2D eigenvalue weighted by atomic mass is 10.5. The van der Waals surface area contributed by atoms with Gasteiger partial charge < -0.3 is 10.2 Å². The van der Waals surface area contributed by atoms with Gasteiger partial charge in [0.2, 0.25) is 0 Å². The number of nitrogens with zero attached hydrogens (tertiary/aromatic N) is 2. The summed E-state index contributed by atoms with van der Waals surface area (Å²) in [5.74, 6) is 0. The van der Waals surface area contributed by atoms with Gasteiger partial charge in [0, 0.05) is 7.11 Å². The van der Waals surface area contributed by atoms with Gasteiger partial charge in [-0.05, 0) is 0 Å². The molecule has 2 rings (SSSR count). The number of carbonyl (C=O) groups excluding carboxylic acids is 1. The van der Waals surface area contributed by atoms with E-state index in [1.165, 1.54) is 11.8 Å². The molecule has 0 fully saturated rings. The van der Waals surface area contributed by atoms with Gasteiger partial charge in [-0.15, -0.1) is 0 Å². The maximum absolute atomic E-state index is 10.7. The number of ether oxygens (including phenoxy) is 1. The first-order valence-electron chi connectivity index (χ1n) is 3.92. The SMILES string of the molecule is COCC1Nn2c(nc(Cl)c2C=O)S1. The summed E-state index contributed by atoms with van der Waals surface area (Å²) >= 11 is 7.22. The summed E-state index contributed by atoms with van der Waals surface area (Å²) in [6, 6.07) is 0. The van der Waals surface area contributed by atoms with E-state index in [1.54, 1.807) is 11.8 Å². The second kappa shape index (κ2) is 3.80. The summed E-state index contributed by atoms with van der Waals surface area (Å²) < 4.78 is 6.57. The zero-order chi connectivity index (χ0) is 10.1. The van der Waals surface area contributed by atoms with Crippen LogP contribution < -0.4 is 5.43 Å². The molecule has 14 heavy (non-hydrogen) atoms. The summed E-state index contributed by atoms with van der Waals surface area (Å²) in [6.45, 7) is 0.546. The molecule has 1 aliphatic rings. The average Bonchev–Trinajstić information content (AvgIpc) is 2.61. The van der Waals surface area contributed by atoms with Crippen LogP contribution in [0.3, 0.4) is 0 Å². The number of hydrogen-bond donors (Lipinski definition) is 1. The molecule has 0 spiro atoms. The van der Waals surface area contributed by atoms with E-state index in [4.69, 9.17) is 16.3 Å². The first kappa shape index (κ1) is 9.82. The summed E-state index contributed by atoms with van der Waals surface area (Å²) in [6.07, 6.45) is 0.682. The molecule has 0 saturated heterocycles. The Morgan fingerprint density at radius 1 is 1.86 bits per heavy atom. The third-order valence-corrected chi connectivity index (χ3v) is 3.08. The minimum absolute atomic E-state index is 0.0819. The van der Waals surface area contributed by atoms with Gasteiger partial charge in [-0.1, -0.05) is 23.4 Å². The van der Waals surface area contributed by atoms with E-state index in [0.29, 0.717) is 23.7 Å². The number of methoxy groups -OCH3 is 1. The molecule has 5 nitrogen and oxygen atoms in total. The van der Waals surface area contributed by atoms with Crippen LogP contribution in [-0.2, 0) is 4.74 Å². The predicted octanol–water partition coefficient (Wildman–Crippen LogP) is 0.971. The molecule has 2 heterocycles. The van der Waals surface area contributed by atoms with Gasteiger partial charge in [-0.2, -0.15) is 0 Å². The molecule has 0 aromatic carbocycles. The molecule has 0 radical (unpaired) electrons. The van der Waals surface area contributed by atoms with Gasteiger partial charge in [-0.3, -0.25) is 4.79 Å². The van der Waals surface area contributed by atoms with Crippen molar-refractivity contribution in [1.82, 2.24) is 9.66 Å². The number of nitrogens with one attached hydrogen (secondary N) is 1. The van der Waals surface area contributed by atoms with E-state index in [2.05, 4.69) is 10.4 Å². The monoisotopic (exact) mass is 233 g/mol. The normalized spacial score (nSPS) is 19.1. The minimum atomic E-state index is 0.0819. The van der Waals surface area contributed by atoms with Gasteiger partial charge in [0.1, 0.15) is 11.1 Å². The summed E-state index contributed by atoms with van der Waals surface area (Å²) in [7, 11) is 1.62. The Morgan fingerprint density at radius 3 is 3.29 bits per heavy atom. The molecule has 1 aromatic rings. The van der Waals surface area contributed by atoms with E-state index in [9.17, 15) is 4.79 Å². The number of aromatic nitrogens is 2. The standard InChI is InChI=1S/C7H8ClN3O2S/c1-13-3-5-10-11-4(2-12)6(8)9-7(11)14-5/h2,5,10H,3H2,1H3. The molecule has 0 amide bonds. The number of fused-ring (bicyclic) bond motifs is 1. The average molecular weight is 234 g/mol. The Kier molecular flexibility index (Phi) is 2.66. The molecule has 7 heteroatoms. The van der Waals surface area contributed by atoms with Crippen molar-refractivity contribution in [2.24, 2.45) is 0 Å². The fraction of sp³-hybridized carbons (Fsp3) is 0.429. The third-order valence-electron chi connectivity index (χ3n) is 1.79. The lowest BCUT2D eigenvalue weighted by Crippen LogP contribution is -2.24. The first-order valence-corrected chi connectivity index (χ1v) is 5.17. The van der Waals surface area contributed by atoms with Crippen LogP contribution in [0.15, 0.2) is 5.16 Å². The van der Waals surface area contributed by atoms with E-state index < -0.39 is 0 Å². The molecule has 1 N–H and O–H groups in total. The van der Waals surface area contributed by atoms with Gasteiger partial charge in [-0.25, -0.2) is 9.66 Å². The molecule has 1 aliphatic heterocycles. The van der Waals surface area contributed by atoms with Gasteiger partial charge in [0.05, 0.1) is 6.61 Å². The van der Waals surface area contributed by atoms with Crippen LogP contribution in [0, 0.1) is 0 Å². The zero-order valence-electron chi connectivity index (χ0n) is 7.36. The Bertz CT molecular complexity index is 368. The van der Waals surface area contributed by atoms with E-state index in [-0.39, 0.29) is 10.5 Å². The third kappa shape index (κ3) is 1.49. The minimum Gasteiger partial charge on any atom is -0.382 e. The lowest BCUT2D eigenvalue weighted by Gasteiger charge is -2.09. The number of thioether (sulfide) groups is 1. The van der Waals surface area contributed by atoms with Crippen LogP contribution in [0.1, 0.15) is 10.5 Å². The first-order chi connectivity index (χ1) is 6.76. The molecule has 0 saturated carbocycles. The summed E-state index contributed by atoms with van der Waals surface area (Å²) in [5, 5.41) is 1.00. The summed E-state index contributed by atoms with van der Waals surface area (Å²) in [5.41, 5.74) is 3.41. The van der Waals surface area contributed by atoms with Crippen molar-refractivity contribution < 1.29 is 9.53 Å². The van der Waals surface area contributed by atoms with Crippen LogP contribution in [0.25, 0.3) is 0 Å². The number of carbonyl (C=O) groups is 1. The van der Waals surface area contributed by atoms with Crippen LogP contribution in [0.5, 0.6) is 0 Å². The number of aldehydes is 1. The number of imidazole rings is 1. The Hall–Kier alpha value is -0.720. The van der Waals surface area contributed by atoms with Crippen LogP contribution in [0.2, 0.25) is 5.15 Å². The van der Waals surface area contributed by atoms with Crippen molar-refractivity contribution in [2.45, 2.75) is 10.5 Å². The predicted molar refractivity (Wildman–Crippen MR) is 53.5 cm³/mol. The highest BCUT2D eigenvalue weighted by Crippen LogP contribution is 2.31. The number of hydrogen-bond acceptors (Lipinski definition) is 5. The van der Waals surface area contributed by atoms with Crippen LogP contribution >= 0.6 is 23.4 Å². The number of halogens is 1. The second-order valence-electron chi connectivity index (χ2n) is 2.71. The molecule has 1 unspecified atom stereocenters. The highest BCUT2D eigenvalue weighted by Gasteiger charge is 2.27. The second-order valence-corrected chi connectivity index (χ2v) is 4.24. The smallest absolute Gasteiger partial charge is 0.191 e. The molecule has 0 aliphatic carbocycles. The molecular weight excluding hydrogens is 226 g/mol. The van der Waals surface area contributed by atoms with E-state index >= 15 is 0 Å². The highest BCUT2D eigenvalue weighted by atomic mass is 35.5. The molecule has 1 atom stereocenters. The van der Waals surface area contributed by atoms with Crippen LogP contribution in [-0.4, -0.2) is 35.0 Å². The van der Waals surface area contributed by atoms with Crippen molar-refractivity contribution in [3.63, 3.8) is 0 Å². The van der Waals surface area contributed by atoms with E-state index in [0.717, 1.165) is 0 Å². The molecule has 0 bridgehead atoms. The molecule has 1 aromatic heterocycles. The topological polar surface area (TPSA) is 56.1 Å². The summed E-state index contributed by atoms with van der Waals surface area (Å²) in [4.78, 5) is 14.7. The fourth-order valence-electron chi connectivity index (χ4n) is 1.21. The van der Waals surface area contributed by atoms with Crippen molar-refractivity contribution in [3.8, 4) is 0 Å². The highest BCUT2D eigenvalue weighted by molar-refractivity contribution is 8.00. The maximum atomic E-state index is 10.7. The van der Waals surface area contributed by atoms with Crippen molar-refractivity contribution in [2.75, 3.05) is 19.1 Å². The quantitative estimate of drug-likeness (QED) is 0.789. The van der Waals surface area contributed by atoms with Crippen LogP contribution in [0.4, 0.5) is 0 Å². The zero-order valence-corrected chi connectivity index (χ0v) is 8.93. The van der Waals surface area contributed by atoms with Gasteiger partial charge in [0.15, 0.2) is 16.6 Å². The Balaban J connectivity index is 2.24. The van der Waals surface area contributed by atoms with Gasteiger partial charge in [0.25, 0.3) is 0 Å². The fourth-order valence-corrected chi connectivity index (χ4v) is 2.49. The van der Waals surface area contributed by atoms with E-state index in [1.807, 2.05) is 0 Å². The Labute approximate surface area is 89.7 Å². The van der Waals surface area contributed by atoms with Gasteiger partial charge >= 0.3 is 0 Å². The Morgan fingerprint density at radius 2 is 2.64 bits per heavy atom. The van der Waals surface area contributed by atoms with Crippen molar-refractivity contribution in [1.29, 1.82) is 0 Å². The largest absolute Gasteiger partial charge is 0.382 e.